The summed E-state index contributed by atoms with van der Waals surface area (Å²) in [6.45, 7) is 3.31. The molecule has 6 nitrogen and oxygen atoms in total. The molecule has 3 heterocycles. The lowest BCUT2D eigenvalue weighted by Crippen LogP contribution is -2.41. The molecule has 1 fully saturated rings. The number of anilines is 1. The second-order valence-corrected chi connectivity index (χ2v) is 6.87. The third-order valence-corrected chi connectivity index (χ3v) is 4.88. The summed E-state index contributed by atoms with van der Waals surface area (Å²) in [5.74, 6) is 1.23. The summed E-state index contributed by atoms with van der Waals surface area (Å²) >= 11 is 7.06. The molecule has 8 heteroatoms. The Hall–Kier alpha value is -1.73. The number of hydrogen-bond donors (Lipinski definition) is 1. The number of carbonyl (C=O) groups excluding carboxylic acids is 1. The number of carbonyl (C=O) groups is 1. The molecule has 122 valence electrons. The standard InChI is InChI=1S/C15H18ClN5OS/c1-10-18-14(23-20-10)19-15(22)21-6-4-11(5-7-21)8-13-3-2-12(16)9-17-13/h2-3,9,11H,4-8H2,1H3,(H,18,19,20,22). The third-order valence-electron chi connectivity index (χ3n) is 3.93. The quantitative estimate of drug-likeness (QED) is 0.920. The van der Waals surface area contributed by atoms with Gasteiger partial charge in [-0.25, -0.2) is 9.78 Å². The molecular weight excluding hydrogens is 334 g/mol. The number of likely N-dealkylation sites (tertiary alicyclic amines) is 1. The SMILES string of the molecule is Cc1nsc(NC(=O)N2CCC(Cc3ccc(Cl)cn3)CC2)n1. The van der Waals surface area contributed by atoms with E-state index in [-0.39, 0.29) is 6.03 Å². The molecule has 2 aromatic heterocycles. The molecule has 23 heavy (non-hydrogen) atoms. The Labute approximate surface area is 144 Å². The van der Waals surface area contributed by atoms with E-state index in [0.717, 1.165) is 38.0 Å². The Morgan fingerprint density at radius 1 is 1.43 bits per heavy atom. The fraction of sp³-hybridized carbons (Fsp3) is 0.467. The summed E-state index contributed by atoms with van der Waals surface area (Å²) in [7, 11) is 0. The van der Waals surface area contributed by atoms with Gasteiger partial charge in [-0.2, -0.15) is 4.37 Å². The summed E-state index contributed by atoms with van der Waals surface area (Å²) in [5, 5.41) is 4.02. The Bertz CT molecular complexity index is 667. The molecular formula is C15H18ClN5OS. The Morgan fingerprint density at radius 2 is 2.22 bits per heavy atom. The number of nitrogens with zero attached hydrogens (tertiary/aromatic N) is 4. The van der Waals surface area contributed by atoms with Gasteiger partial charge in [0.15, 0.2) is 0 Å². The fourth-order valence-corrected chi connectivity index (χ4v) is 3.36. The van der Waals surface area contributed by atoms with Crippen molar-refractivity contribution in [3.8, 4) is 0 Å². The van der Waals surface area contributed by atoms with Gasteiger partial charge in [0, 0.05) is 36.5 Å². The molecule has 1 N–H and O–H groups in total. The average Bonchev–Trinajstić information content (AvgIpc) is 2.95. The van der Waals surface area contributed by atoms with Crippen molar-refractivity contribution < 1.29 is 4.79 Å². The molecule has 1 aliphatic heterocycles. The van der Waals surface area contributed by atoms with Crippen LogP contribution in [0.1, 0.15) is 24.4 Å². The maximum atomic E-state index is 12.2. The number of rotatable bonds is 3. The number of nitrogens with one attached hydrogen (secondary N) is 1. The van der Waals surface area contributed by atoms with Crippen LogP contribution in [-0.2, 0) is 6.42 Å². The van der Waals surface area contributed by atoms with Crippen molar-refractivity contribution in [2.24, 2.45) is 5.92 Å². The molecule has 0 atom stereocenters. The van der Waals surface area contributed by atoms with Gasteiger partial charge in [-0.1, -0.05) is 11.6 Å². The molecule has 1 saturated heterocycles. The summed E-state index contributed by atoms with van der Waals surface area (Å²) in [6, 6.07) is 3.75. The van der Waals surface area contributed by atoms with E-state index in [1.54, 1.807) is 6.20 Å². The zero-order chi connectivity index (χ0) is 16.2. The number of pyridine rings is 1. The van der Waals surface area contributed by atoms with Crippen LogP contribution in [0.25, 0.3) is 0 Å². The lowest BCUT2D eigenvalue weighted by atomic mass is 9.92. The first kappa shape index (κ1) is 16.1. The van der Waals surface area contributed by atoms with Crippen molar-refractivity contribution in [1.29, 1.82) is 0 Å². The topological polar surface area (TPSA) is 71.0 Å². The number of amides is 2. The first-order valence-electron chi connectivity index (χ1n) is 7.57. The van der Waals surface area contributed by atoms with Gasteiger partial charge < -0.3 is 4.90 Å². The van der Waals surface area contributed by atoms with Crippen LogP contribution in [0, 0.1) is 12.8 Å². The largest absolute Gasteiger partial charge is 0.324 e. The fourth-order valence-electron chi connectivity index (χ4n) is 2.68. The average molecular weight is 352 g/mol. The highest BCUT2D eigenvalue weighted by Gasteiger charge is 2.23. The van der Waals surface area contributed by atoms with E-state index in [2.05, 4.69) is 19.7 Å². The first-order valence-corrected chi connectivity index (χ1v) is 8.72. The molecule has 0 radical (unpaired) electrons. The van der Waals surface area contributed by atoms with Gasteiger partial charge in [-0.3, -0.25) is 10.3 Å². The smallest absolute Gasteiger partial charge is 0.323 e. The van der Waals surface area contributed by atoms with Crippen LogP contribution in [-0.4, -0.2) is 38.4 Å². The van der Waals surface area contributed by atoms with Gasteiger partial charge in [-0.05, 0) is 44.2 Å². The molecule has 1 aliphatic rings. The second-order valence-electron chi connectivity index (χ2n) is 5.68. The molecule has 3 rings (SSSR count). The Morgan fingerprint density at radius 3 is 2.83 bits per heavy atom. The Kier molecular flexibility index (Phi) is 5.07. The van der Waals surface area contributed by atoms with Crippen LogP contribution in [0.5, 0.6) is 0 Å². The van der Waals surface area contributed by atoms with Gasteiger partial charge in [0.05, 0.1) is 5.02 Å². The van der Waals surface area contributed by atoms with Crippen LogP contribution in [0.3, 0.4) is 0 Å². The van der Waals surface area contributed by atoms with E-state index in [9.17, 15) is 4.79 Å². The molecule has 2 amide bonds. The molecule has 0 bridgehead atoms. The van der Waals surface area contributed by atoms with Crippen LogP contribution >= 0.6 is 23.1 Å². The van der Waals surface area contributed by atoms with Crippen molar-refractivity contribution >= 4 is 34.3 Å². The van der Waals surface area contributed by atoms with E-state index in [1.807, 2.05) is 24.0 Å². The number of piperidine rings is 1. The minimum Gasteiger partial charge on any atom is -0.324 e. The first-order chi connectivity index (χ1) is 11.1. The highest BCUT2D eigenvalue weighted by molar-refractivity contribution is 7.09. The van der Waals surface area contributed by atoms with Gasteiger partial charge >= 0.3 is 6.03 Å². The van der Waals surface area contributed by atoms with Gasteiger partial charge in [0.25, 0.3) is 0 Å². The summed E-state index contributed by atoms with van der Waals surface area (Å²) in [6.07, 6.45) is 4.57. The highest BCUT2D eigenvalue weighted by Crippen LogP contribution is 2.22. The van der Waals surface area contributed by atoms with E-state index < -0.39 is 0 Å². The summed E-state index contributed by atoms with van der Waals surface area (Å²) in [5.41, 5.74) is 1.06. The van der Waals surface area contributed by atoms with Crippen LogP contribution in [0.2, 0.25) is 5.02 Å². The van der Waals surface area contributed by atoms with E-state index in [0.29, 0.717) is 21.9 Å². The van der Waals surface area contributed by atoms with Crippen molar-refractivity contribution in [3.05, 3.63) is 34.9 Å². The number of aryl methyl sites for hydroxylation is 1. The van der Waals surface area contributed by atoms with Gasteiger partial charge in [0.1, 0.15) is 5.82 Å². The summed E-state index contributed by atoms with van der Waals surface area (Å²) in [4.78, 5) is 22.5. The van der Waals surface area contributed by atoms with Crippen LogP contribution < -0.4 is 5.32 Å². The molecule has 0 aliphatic carbocycles. The molecule has 0 spiro atoms. The van der Waals surface area contributed by atoms with Crippen molar-refractivity contribution in [2.75, 3.05) is 18.4 Å². The van der Waals surface area contributed by atoms with E-state index in [1.165, 1.54) is 11.5 Å². The van der Waals surface area contributed by atoms with Gasteiger partial charge in [-0.15, -0.1) is 0 Å². The third kappa shape index (κ3) is 4.39. The van der Waals surface area contributed by atoms with E-state index in [4.69, 9.17) is 11.6 Å². The number of aromatic nitrogens is 3. The zero-order valence-electron chi connectivity index (χ0n) is 12.8. The monoisotopic (exact) mass is 351 g/mol. The predicted molar refractivity (Wildman–Crippen MR) is 90.9 cm³/mol. The molecule has 2 aromatic rings. The molecule has 0 saturated carbocycles. The van der Waals surface area contributed by atoms with Crippen LogP contribution in [0.15, 0.2) is 18.3 Å². The van der Waals surface area contributed by atoms with Crippen molar-refractivity contribution in [3.63, 3.8) is 0 Å². The minimum absolute atomic E-state index is 0.0933. The van der Waals surface area contributed by atoms with Crippen molar-refractivity contribution in [1.82, 2.24) is 19.2 Å². The lowest BCUT2D eigenvalue weighted by Gasteiger charge is -2.31. The lowest BCUT2D eigenvalue weighted by molar-refractivity contribution is 0.182. The zero-order valence-corrected chi connectivity index (χ0v) is 14.4. The summed E-state index contributed by atoms with van der Waals surface area (Å²) < 4.78 is 4.06. The number of hydrogen-bond acceptors (Lipinski definition) is 5. The Balaban J connectivity index is 1.48. The van der Waals surface area contributed by atoms with Crippen molar-refractivity contribution in [2.45, 2.75) is 26.2 Å². The van der Waals surface area contributed by atoms with E-state index >= 15 is 0 Å². The maximum Gasteiger partial charge on any atom is 0.323 e. The molecule has 0 unspecified atom stereocenters. The second kappa shape index (κ2) is 7.23. The predicted octanol–water partition coefficient (Wildman–Crippen LogP) is 3.38. The minimum atomic E-state index is -0.0933. The normalized spacial score (nSPS) is 15.7. The molecule has 0 aromatic carbocycles. The van der Waals surface area contributed by atoms with Crippen LogP contribution in [0.4, 0.5) is 9.93 Å². The highest BCUT2D eigenvalue weighted by atomic mass is 35.5. The number of halogens is 1. The maximum absolute atomic E-state index is 12.2. The van der Waals surface area contributed by atoms with Gasteiger partial charge in [0.2, 0.25) is 5.13 Å². The number of urea groups is 1.